The van der Waals surface area contributed by atoms with Crippen LogP contribution in [0, 0.1) is 13.8 Å². The lowest BCUT2D eigenvalue weighted by Gasteiger charge is -2.04. The zero-order chi connectivity index (χ0) is 17.1. The van der Waals surface area contributed by atoms with E-state index in [0.29, 0.717) is 23.1 Å². The van der Waals surface area contributed by atoms with E-state index in [4.69, 9.17) is 11.6 Å². The summed E-state index contributed by atoms with van der Waals surface area (Å²) < 4.78 is 1.56. The van der Waals surface area contributed by atoms with Gasteiger partial charge in [-0.1, -0.05) is 29.8 Å². The number of para-hydroxylation sites is 1. The van der Waals surface area contributed by atoms with Gasteiger partial charge in [-0.3, -0.25) is 9.78 Å². The normalized spacial score (nSPS) is 10.6. The van der Waals surface area contributed by atoms with E-state index >= 15 is 0 Å². The Labute approximate surface area is 144 Å². The van der Waals surface area contributed by atoms with Crippen molar-refractivity contribution in [2.75, 3.05) is 0 Å². The van der Waals surface area contributed by atoms with Crippen LogP contribution < -0.4 is 5.32 Å². The maximum Gasteiger partial charge on any atom is 0.291 e. The number of amides is 1. The number of hydrogen-bond donors (Lipinski definition) is 1. The van der Waals surface area contributed by atoms with E-state index in [-0.39, 0.29) is 11.7 Å². The Morgan fingerprint density at radius 3 is 2.67 bits per heavy atom. The predicted molar refractivity (Wildman–Crippen MR) is 91.3 cm³/mol. The molecule has 0 unspecified atom stereocenters. The van der Waals surface area contributed by atoms with Gasteiger partial charge in [0.15, 0.2) is 0 Å². The molecule has 1 aromatic carbocycles. The van der Waals surface area contributed by atoms with Crippen molar-refractivity contribution in [3.05, 3.63) is 70.5 Å². The Morgan fingerprint density at radius 2 is 1.92 bits per heavy atom. The van der Waals surface area contributed by atoms with Crippen molar-refractivity contribution in [3.8, 4) is 5.69 Å². The molecule has 0 radical (unpaired) electrons. The second-order valence-corrected chi connectivity index (χ2v) is 5.71. The Bertz CT molecular complexity index is 890. The number of hydrogen-bond acceptors (Lipinski definition) is 4. The minimum absolute atomic E-state index is 0.0973. The molecule has 6 nitrogen and oxygen atoms in total. The molecule has 0 bridgehead atoms. The van der Waals surface area contributed by atoms with Crippen molar-refractivity contribution >= 4 is 17.5 Å². The van der Waals surface area contributed by atoms with Crippen LogP contribution in [0.4, 0.5) is 0 Å². The van der Waals surface area contributed by atoms with E-state index in [1.807, 2.05) is 43.3 Å². The maximum absolute atomic E-state index is 12.3. The van der Waals surface area contributed by atoms with Crippen LogP contribution in [0.15, 0.2) is 42.5 Å². The molecule has 7 heteroatoms. The number of benzene rings is 1. The van der Waals surface area contributed by atoms with Crippen LogP contribution in [0.2, 0.25) is 5.02 Å². The summed E-state index contributed by atoms with van der Waals surface area (Å²) in [6, 6.07) is 12.9. The fourth-order valence-electron chi connectivity index (χ4n) is 2.29. The Hall–Kier alpha value is -2.73. The van der Waals surface area contributed by atoms with Crippen molar-refractivity contribution in [1.82, 2.24) is 25.1 Å². The Kier molecular flexibility index (Phi) is 4.57. The van der Waals surface area contributed by atoms with E-state index in [1.165, 1.54) is 0 Å². The third kappa shape index (κ3) is 3.44. The number of rotatable bonds is 4. The summed E-state index contributed by atoms with van der Waals surface area (Å²) in [5.41, 5.74) is 2.37. The third-order valence-electron chi connectivity index (χ3n) is 3.43. The Morgan fingerprint density at radius 1 is 1.12 bits per heavy atom. The van der Waals surface area contributed by atoms with Crippen molar-refractivity contribution < 1.29 is 4.79 Å². The minimum atomic E-state index is -0.354. The van der Waals surface area contributed by atoms with Crippen molar-refractivity contribution in [3.63, 3.8) is 0 Å². The van der Waals surface area contributed by atoms with Gasteiger partial charge in [-0.05, 0) is 38.1 Å². The second-order valence-electron chi connectivity index (χ2n) is 5.30. The summed E-state index contributed by atoms with van der Waals surface area (Å²) in [6.07, 6.45) is 0. The monoisotopic (exact) mass is 341 g/mol. The van der Waals surface area contributed by atoms with Crippen LogP contribution in [0.1, 0.15) is 27.8 Å². The first-order valence-corrected chi connectivity index (χ1v) is 7.81. The molecule has 0 saturated carbocycles. The third-order valence-corrected chi connectivity index (χ3v) is 3.75. The maximum atomic E-state index is 12.3. The van der Waals surface area contributed by atoms with Crippen molar-refractivity contribution in [1.29, 1.82) is 0 Å². The summed E-state index contributed by atoms with van der Waals surface area (Å²) in [5.74, 6) is 0.328. The number of aromatic nitrogens is 4. The summed E-state index contributed by atoms with van der Waals surface area (Å²) in [4.78, 5) is 20.8. The topological polar surface area (TPSA) is 72.7 Å². The molecule has 0 saturated heterocycles. The van der Waals surface area contributed by atoms with Gasteiger partial charge in [-0.15, -0.1) is 5.10 Å². The molecule has 0 aliphatic rings. The highest BCUT2D eigenvalue weighted by atomic mass is 35.5. The molecule has 2 aromatic heterocycles. The highest BCUT2D eigenvalue weighted by molar-refractivity contribution is 6.32. The van der Waals surface area contributed by atoms with E-state index in [0.717, 1.165) is 11.4 Å². The van der Waals surface area contributed by atoms with Gasteiger partial charge in [-0.25, -0.2) is 9.67 Å². The molecule has 0 atom stereocenters. The lowest BCUT2D eigenvalue weighted by molar-refractivity contribution is 0.0940. The molecule has 0 spiro atoms. The van der Waals surface area contributed by atoms with Gasteiger partial charge in [0.05, 0.1) is 22.9 Å². The number of aryl methyl sites for hydroxylation is 2. The summed E-state index contributed by atoms with van der Waals surface area (Å²) in [6.45, 7) is 4.00. The summed E-state index contributed by atoms with van der Waals surface area (Å²) >= 11 is 6.18. The zero-order valence-corrected chi connectivity index (χ0v) is 14.1. The highest BCUT2D eigenvalue weighted by Gasteiger charge is 2.16. The lowest BCUT2D eigenvalue weighted by Crippen LogP contribution is -2.24. The lowest BCUT2D eigenvalue weighted by atomic mass is 10.3. The number of carbonyl (C=O) groups excluding carboxylic acids is 1. The molecule has 1 amide bonds. The van der Waals surface area contributed by atoms with Gasteiger partial charge >= 0.3 is 0 Å². The van der Waals surface area contributed by atoms with Gasteiger partial charge in [0, 0.05) is 5.69 Å². The molecule has 122 valence electrons. The average molecular weight is 342 g/mol. The molecule has 3 rings (SSSR count). The van der Waals surface area contributed by atoms with Crippen LogP contribution in [-0.4, -0.2) is 25.7 Å². The first-order valence-electron chi connectivity index (χ1n) is 7.44. The largest absolute Gasteiger partial charge is 0.344 e. The number of halogens is 1. The molecule has 3 aromatic rings. The van der Waals surface area contributed by atoms with Crippen LogP contribution in [0.5, 0.6) is 0 Å². The van der Waals surface area contributed by atoms with Crippen LogP contribution in [0.3, 0.4) is 0 Å². The number of nitrogens with zero attached hydrogens (tertiary/aromatic N) is 4. The molecule has 1 N–H and O–H groups in total. The smallest absolute Gasteiger partial charge is 0.291 e. The zero-order valence-electron chi connectivity index (χ0n) is 13.3. The molecular formula is C17H16ClN5O. The van der Waals surface area contributed by atoms with Crippen molar-refractivity contribution in [2.24, 2.45) is 0 Å². The minimum Gasteiger partial charge on any atom is -0.344 e. The fourth-order valence-corrected chi connectivity index (χ4v) is 2.50. The number of pyridine rings is 1. The molecule has 0 aliphatic carbocycles. The second kappa shape index (κ2) is 6.80. The molecule has 0 fully saturated rings. The molecular weight excluding hydrogens is 326 g/mol. The first-order chi connectivity index (χ1) is 11.5. The summed E-state index contributed by atoms with van der Waals surface area (Å²) in [7, 11) is 0. The molecule has 2 heterocycles. The van der Waals surface area contributed by atoms with Gasteiger partial charge in [0.1, 0.15) is 5.82 Å². The summed E-state index contributed by atoms with van der Waals surface area (Å²) in [5, 5.41) is 7.58. The highest BCUT2D eigenvalue weighted by Crippen LogP contribution is 2.20. The SMILES string of the molecule is Cc1cccc(CNC(=O)c2nc(C)n(-c3ccccc3Cl)n2)n1. The first kappa shape index (κ1) is 16.1. The van der Waals surface area contributed by atoms with Gasteiger partial charge in [-0.2, -0.15) is 0 Å². The van der Waals surface area contributed by atoms with E-state index < -0.39 is 0 Å². The fraction of sp³-hybridized carbons (Fsp3) is 0.176. The standard InChI is InChI=1S/C17H16ClN5O/c1-11-6-5-7-13(20-11)10-19-17(24)16-21-12(2)23(22-16)15-9-4-3-8-14(15)18/h3-9H,10H2,1-2H3,(H,19,24). The van der Waals surface area contributed by atoms with E-state index in [9.17, 15) is 4.79 Å². The average Bonchev–Trinajstić information content (AvgIpc) is 2.95. The van der Waals surface area contributed by atoms with Gasteiger partial charge in [0.25, 0.3) is 5.91 Å². The van der Waals surface area contributed by atoms with Crippen LogP contribution in [0.25, 0.3) is 5.69 Å². The van der Waals surface area contributed by atoms with Crippen LogP contribution >= 0.6 is 11.6 Å². The van der Waals surface area contributed by atoms with E-state index in [2.05, 4.69) is 20.4 Å². The quantitative estimate of drug-likeness (QED) is 0.792. The van der Waals surface area contributed by atoms with Gasteiger partial charge in [0.2, 0.25) is 5.82 Å². The van der Waals surface area contributed by atoms with E-state index in [1.54, 1.807) is 17.7 Å². The molecule has 0 aliphatic heterocycles. The number of carbonyl (C=O) groups is 1. The predicted octanol–water partition coefficient (Wildman–Crippen LogP) is 2.86. The Balaban J connectivity index is 1.77. The van der Waals surface area contributed by atoms with Gasteiger partial charge < -0.3 is 5.32 Å². The molecule has 24 heavy (non-hydrogen) atoms. The van der Waals surface area contributed by atoms with Crippen molar-refractivity contribution in [2.45, 2.75) is 20.4 Å². The number of nitrogens with one attached hydrogen (secondary N) is 1. The van der Waals surface area contributed by atoms with Crippen LogP contribution in [-0.2, 0) is 6.54 Å².